The molecular weight excluding hydrogens is 286 g/mol. The van der Waals surface area contributed by atoms with Gasteiger partial charge in [-0.15, -0.1) is 0 Å². The average molecular weight is 303 g/mol. The van der Waals surface area contributed by atoms with Gasteiger partial charge in [0, 0.05) is 0 Å². The quantitative estimate of drug-likeness (QED) is 0.398. The Labute approximate surface area is 135 Å². The third-order valence-corrected chi connectivity index (χ3v) is 3.74. The predicted molar refractivity (Wildman–Crippen MR) is 92.8 cm³/mol. The molecule has 0 fully saturated rings. The summed E-state index contributed by atoms with van der Waals surface area (Å²) < 4.78 is 0. The predicted octanol–water partition coefficient (Wildman–Crippen LogP) is 4.73. The van der Waals surface area contributed by atoms with E-state index in [4.69, 9.17) is 4.84 Å². The van der Waals surface area contributed by atoms with Crippen LogP contribution in [0.25, 0.3) is 10.8 Å². The molecule has 3 heteroatoms. The number of nitrogens with zero attached hydrogens (tertiary/aromatic N) is 1. The monoisotopic (exact) mass is 303 g/mol. The number of hydrogen-bond donors (Lipinski definition) is 0. The SMILES string of the molecule is CC(=NOC(=O)c1cccc2ccccc12)c1ccc(C)cc1. The Bertz CT molecular complexity index is 874. The van der Waals surface area contributed by atoms with Crippen molar-refractivity contribution >= 4 is 22.5 Å². The summed E-state index contributed by atoms with van der Waals surface area (Å²) in [6.07, 6.45) is 0. The van der Waals surface area contributed by atoms with Crippen molar-refractivity contribution in [3.8, 4) is 0 Å². The second-order valence-corrected chi connectivity index (χ2v) is 5.45. The number of hydrogen-bond acceptors (Lipinski definition) is 3. The summed E-state index contributed by atoms with van der Waals surface area (Å²) >= 11 is 0. The molecule has 3 aromatic rings. The van der Waals surface area contributed by atoms with Crippen LogP contribution in [0.2, 0.25) is 0 Å². The normalized spacial score (nSPS) is 11.5. The van der Waals surface area contributed by atoms with Gasteiger partial charge in [0.05, 0.1) is 11.3 Å². The van der Waals surface area contributed by atoms with Crippen molar-refractivity contribution < 1.29 is 9.63 Å². The van der Waals surface area contributed by atoms with E-state index in [0.717, 1.165) is 16.3 Å². The summed E-state index contributed by atoms with van der Waals surface area (Å²) in [5, 5.41) is 5.84. The van der Waals surface area contributed by atoms with Gasteiger partial charge in [-0.25, -0.2) is 4.79 Å². The highest BCUT2D eigenvalue weighted by molar-refractivity contribution is 6.05. The fraction of sp³-hybridized carbons (Fsp3) is 0.100. The first-order chi connectivity index (χ1) is 11.1. The van der Waals surface area contributed by atoms with Crippen molar-refractivity contribution in [2.75, 3.05) is 0 Å². The maximum atomic E-state index is 12.3. The number of rotatable bonds is 3. The van der Waals surface area contributed by atoms with E-state index in [1.54, 1.807) is 6.07 Å². The largest absolute Gasteiger partial charge is 0.366 e. The maximum Gasteiger partial charge on any atom is 0.366 e. The van der Waals surface area contributed by atoms with Crippen molar-refractivity contribution in [2.24, 2.45) is 5.16 Å². The van der Waals surface area contributed by atoms with Crippen LogP contribution in [0.1, 0.15) is 28.4 Å². The summed E-state index contributed by atoms with van der Waals surface area (Å²) in [5.41, 5.74) is 3.29. The van der Waals surface area contributed by atoms with Gasteiger partial charge in [-0.1, -0.05) is 71.4 Å². The van der Waals surface area contributed by atoms with Crippen molar-refractivity contribution in [1.82, 2.24) is 0 Å². The number of benzene rings is 3. The Morgan fingerprint density at radius 2 is 1.61 bits per heavy atom. The molecule has 0 heterocycles. The minimum Gasteiger partial charge on any atom is -0.313 e. The molecule has 0 bridgehead atoms. The van der Waals surface area contributed by atoms with Gasteiger partial charge in [0.25, 0.3) is 0 Å². The van der Waals surface area contributed by atoms with Gasteiger partial charge in [0.1, 0.15) is 0 Å². The van der Waals surface area contributed by atoms with Gasteiger partial charge in [0.2, 0.25) is 0 Å². The van der Waals surface area contributed by atoms with E-state index in [1.807, 2.05) is 74.5 Å². The van der Waals surface area contributed by atoms with E-state index in [-0.39, 0.29) is 0 Å². The summed E-state index contributed by atoms with van der Waals surface area (Å²) in [7, 11) is 0. The average Bonchev–Trinajstić information content (AvgIpc) is 2.59. The van der Waals surface area contributed by atoms with Gasteiger partial charge in [0.15, 0.2) is 0 Å². The number of aryl methyl sites for hydroxylation is 1. The van der Waals surface area contributed by atoms with Crippen LogP contribution in [0.5, 0.6) is 0 Å². The van der Waals surface area contributed by atoms with Crippen LogP contribution in [0.15, 0.2) is 71.9 Å². The number of carbonyl (C=O) groups is 1. The Kier molecular flexibility index (Phi) is 4.20. The molecule has 3 rings (SSSR count). The minimum absolute atomic E-state index is 0.451. The van der Waals surface area contributed by atoms with E-state index < -0.39 is 5.97 Å². The first kappa shape index (κ1) is 15.0. The summed E-state index contributed by atoms with van der Waals surface area (Å²) in [6, 6.07) is 21.2. The molecule has 0 amide bonds. The van der Waals surface area contributed by atoms with Crippen molar-refractivity contribution in [2.45, 2.75) is 13.8 Å². The molecule has 3 nitrogen and oxygen atoms in total. The molecule has 0 radical (unpaired) electrons. The lowest BCUT2D eigenvalue weighted by atomic mass is 10.1. The molecule has 0 aliphatic carbocycles. The molecule has 114 valence electrons. The van der Waals surface area contributed by atoms with Crippen LogP contribution >= 0.6 is 0 Å². The molecule has 0 N–H and O–H groups in total. The highest BCUT2D eigenvalue weighted by atomic mass is 16.7. The molecule has 0 spiro atoms. The Morgan fingerprint density at radius 3 is 2.39 bits per heavy atom. The summed E-state index contributed by atoms with van der Waals surface area (Å²) in [5.74, 6) is -0.451. The lowest BCUT2D eigenvalue weighted by Crippen LogP contribution is -2.04. The van der Waals surface area contributed by atoms with Crippen molar-refractivity contribution in [3.63, 3.8) is 0 Å². The smallest absolute Gasteiger partial charge is 0.313 e. The van der Waals surface area contributed by atoms with Crippen LogP contribution < -0.4 is 0 Å². The molecule has 0 unspecified atom stereocenters. The molecule has 23 heavy (non-hydrogen) atoms. The highest BCUT2D eigenvalue weighted by Gasteiger charge is 2.11. The molecular formula is C20H17NO2. The third-order valence-electron chi connectivity index (χ3n) is 3.74. The van der Waals surface area contributed by atoms with Gasteiger partial charge < -0.3 is 4.84 Å². The summed E-state index contributed by atoms with van der Waals surface area (Å²) in [6.45, 7) is 3.85. The molecule has 0 saturated carbocycles. The third kappa shape index (κ3) is 3.29. The Morgan fingerprint density at radius 1 is 0.913 bits per heavy atom. The second-order valence-electron chi connectivity index (χ2n) is 5.45. The van der Waals surface area contributed by atoms with Gasteiger partial charge in [-0.05, 0) is 36.2 Å². The highest BCUT2D eigenvalue weighted by Crippen LogP contribution is 2.19. The van der Waals surface area contributed by atoms with Crippen LogP contribution in [0.4, 0.5) is 0 Å². The van der Waals surface area contributed by atoms with Crippen molar-refractivity contribution in [1.29, 1.82) is 0 Å². The zero-order valence-electron chi connectivity index (χ0n) is 13.1. The molecule has 0 aliphatic heterocycles. The second kappa shape index (κ2) is 6.44. The van der Waals surface area contributed by atoms with E-state index >= 15 is 0 Å². The minimum atomic E-state index is -0.451. The van der Waals surface area contributed by atoms with Crippen LogP contribution in [0, 0.1) is 6.92 Å². The van der Waals surface area contributed by atoms with Crippen LogP contribution in [0.3, 0.4) is 0 Å². The molecule has 3 aromatic carbocycles. The van der Waals surface area contributed by atoms with Gasteiger partial charge in [-0.2, -0.15) is 0 Å². The summed E-state index contributed by atoms with van der Waals surface area (Å²) in [4.78, 5) is 17.5. The molecule has 0 aliphatic rings. The number of fused-ring (bicyclic) bond motifs is 1. The first-order valence-electron chi connectivity index (χ1n) is 7.46. The molecule has 0 aromatic heterocycles. The van der Waals surface area contributed by atoms with E-state index in [2.05, 4.69) is 5.16 Å². The maximum absolute atomic E-state index is 12.3. The van der Waals surface area contributed by atoms with E-state index in [9.17, 15) is 4.79 Å². The number of carbonyl (C=O) groups excluding carboxylic acids is 1. The van der Waals surface area contributed by atoms with Crippen LogP contribution in [-0.2, 0) is 4.84 Å². The van der Waals surface area contributed by atoms with Gasteiger partial charge >= 0.3 is 5.97 Å². The van der Waals surface area contributed by atoms with Crippen LogP contribution in [-0.4, -0.2) is 11.7 Å². The topological polar surface area (TPSA) is 38.7 Å². The number of oxime groups is 1. The van der Waals surface area contributed by atoms with E-state index in [1.165, 1.54) is 5.56 Å². The van der Waals surface area contributed by atoms with Crippen molar-refractivity contribution in [3.05, 3.63) is 83.4 Å². The Hall–Kier alpha value is -2.94. The lowest BCUT2D eigenvalue weighted by molar-refractivity contribution is 0.0519. The zero-order chi connectivity index (χ0) is 16.2. The van der Waals surface area contributed by atoms with Gasteiger partial charge in [-0.3, -0.25) is 0 Å². The fourth-order valence-electron chi connectivity index (χ4n) is 2.41. The molecule has 0 atom stereocenters. The first-order valence-corrected chi connectivity index (χ1v) is 7.46. The molecule has 0 saturated heterocycles. The zero-order valence-corrected chi connectivity index (χ0v) is 13.1. The lowest BCUT2D eigenvalue weighted by Gasteiger charge is -2.05. The Balaban J connectivity index is 1.83. The fourth-order valence-corrected chi connectivity index (χ4v) is 2.41. The van der Waals surface area contributed by atoms with E-state index in [0.29, 0.717) is 11.3 Å². The standard InChI is InChI=1S/C20H17NO2/c1-14-10-12-16(13-11-14)15(2)21-23-20(22)19-9-5-7-17-6-3-4-8-18(17)19/h3-13H,1-2H3.